The Morgan fingerprint density at radius 1 is 0.561 bits per heavy atom. The second-order valence-electron chi connectivity index (χ2n) is 16.4. The number of phosphoric acid groups is 1. The molecule has 0 saturated heterocycles. The molecule has 66 heavy (non-hydrogen) atoms. The molecule has 0 aromatic rings. The van der Waals surface area contributed by atoms with E-state index in [0.717, 1.165) is 83.5 Å². The van der Waals surface area contributed by atoms with E-state index in [0.29, 0.717) is 12.8 Å². The summed E-state index contributed by atoms with van der Waals surface area (Å²) >= 11 is 0. The van der Waals surface area contributed by atoms with E-state index in [1.54, 1.807) is 12.2 Å². The third-order valence-electron chi connectivity index (χ3n) is 10.5. The van der Waals surface area contributed by atoms with Crippen LogP contribution in [0.5, 0.6) is 0 Å². The van der Waals surface area contributed by atoms with Crippen LogP contribution in [0.25, 0.3) is 0 Å². The number of allylic oxidation sites excluding steroid dienone is 15. The molecule has 7 N–H and O–H groups in total. The maximum atomic E-state index is 12.8. The summed E-state index contributed by atoms with van der Waals surface area (Å²) in [6.45, 7) is 2.94. The summed E-state index contributed by atoms with van der Waals surface area (Å²) in [6.07, 6.45) is 36.2. The Morgan fingerprint density at radius 2 is 1.05 bits per heavy atom. The van der Waals surface area contributed by atoms with E-state index in [-0.39, 0.29) is 19.3 Å². The highest BCUT2D eigenvalue weighted by Crippen LogP contribution is 2.47. The number of esters is 2. The Hall–Kier alpha value is -3.27. The van der Waals surface area contributed by atoms with Crippen molar-refractivity contribution >= 4 is 19.8 Å². The van der Waals surface area contributed by atoms with Gasteiger partial charge < -0.3 is 45.0 Å². The Balaban J connectivity index is 2.56. The van der Waals surface area contributed by atoms with E-state index < -0.39 is 81.8 Å². The number of unbranched alkanes of at least 4 members (excludes halogenated alkanes) is 10. The van der Waals surface area contributed by atoms with Crippen molar-refractivity contribution in [3.05, 3.63) is 97.2 Å². The average molecular weight is 951 g/mol. The van der Waals surface area contributed by atoms with E-state index in [1.807, 2.05) is 12.2 Å². The van der Waals surface area contributed by atoms with Crippen molar-refractivity contribution in [2.75, 3.05) is 13.2 Å². The summed E-state index contributed by atoms with van der Waals surface area (Å²) in [4.78, 5) is 35.8. The van der Waals surface area contributed by atoms with Crippen molar-refractivity contribution in [3.8, 4) is 0 Å². The van der Waals surface area contributed by atoms with Crippen molar-refractivity contribution < 1.29 is 68.2 Å². The van der Waals surface area contributed by atoms with Gasteiger partial charge in [-0.25, -0.2) is 4.57 Å². The van der Waals surface area contributed by atoms with Crippen molar-refractivity contribution in [1.29, 1.82) is 0 Å². The maximum Gasteiger partial charge on any atom is 0.472 e. The normalized spacial score (nSPS) is 22.6. The van der Waals surface area contributed by atoms with Crippen molar-refractivity contribution in [3.63, 3.8) is 0 Å². The summed E-state index contributed by atoms with van der Waals surface area (Å²) in [5.41, 5.74) is 0. The lowest BCUT2D eigenvalue weighted by Crippen LogP contribution is -2.64. The van der Waals surface area contributed by atoms with Crippen LogP contribution in [0.1, 0.15) is 149 Å². The molecule has 9 atom stereocenters. The number of ether oxygens (including phenoxy) is 2. The van der Waals surface area contributed by atoms with Crippen molar-refractivity contribution in [1.82, 2.24) is 0 Å². The Morgan fingerprint density at radius 3 is 1.61 bits per heavy atom. The van der Waals surface area contributed by atoms with Gasteiger partial charge in [0.1, 0.15) is 43.2 Å². The number of hydrogen-bond donors (Lipinski definition) is 7. The SMILES string of the molecule is CC/C=C\C/C=C\C/C=C\C/C=C\C/C=C\C=C/C(O)CCC(=O)O[C@H](COC(=O)CCCCCCCCC/C=C\C/C=C\CCCCC)COP(=O)(O)OC1[C@H](O)[C@H](O)C(O)[C@H](O)[C@H]1O. The van der Waals surface area contributed by atoms with Gasteiger partial charge in [0.2, 0.25) is 0 Å². The lowest BCUT2D eigenvalue weighted by Gasteiger charge is -2.41. The fourth-order valence-corrected chi connectivity index (χ4v) is 7.57. The largest absolute Gasteiger partial charge is 0.472 e. The van der Waals surface area contributed by atoms with Crippen LogP contribution < -0.4 is 0 Å². The van der Waals surface area contributed by atoms with Gasteiger partial charge in [-0.3, -0.25) is 18.6 Å². The van der Waals surface area contributed by atoms with Gasteiger partial charge in [-0.1, -0.05) is 156 Å². The standard InChI is InChI=1S/C51H83O14P/c1-3-5-7-9-11-13-15-17-19-21-23-25-27-29-31-33-35-37-44(53)62-40-43(41-63-66(60,61)65-51-49(58)47(56)46(55)48(57)50(51)59)64-45(54)39-38-42(52)36-34-32-30-28-26-24-22-20-18-16-14-12-10-8-6-4-2/h6,8,11-14,17-20,24,26,30,32,34,36,42-43,46-52,55-59H,3-5,7,9-10,15-16,21-23,25,27-29,31,33,35,37-41H2,1-2H3,(H,60,61)/b8-6-,13-11-,14-12-,19-17-,20-18-,26-24-,32-30-,36-34-/t42?,43-,46?,47-,48+,49-,50-,51?/m1/s1. The zero-order chi connectivity index (χ0) is 48.7. The highest BCUT2D eigenvalue weighted by atomic mass is 31.2. The molecule has 0 aromatic carbocycles. The van der Waals surface area contributed by atoms with Crippen LogP contribution in [0.15, 0.2) is 97.2 Å². The highest BCUT2D eigenvalue weighted by molar-refractivity contribution is 7.47. The van der Waals surface area contributed by atoms with Gasteiger partial charge in [-0.2, -0.15) is 0 Å². The van der Waals surface area contributed by atoms with E-state index >= 15 is 0 Å². The quantitative estimate of drug-likeness (QED) is 0.0101. The van der Waals surface area contributed by atoms with Crippen LogP contribution in [0.2, 0.25) is 0 Å². The van der Waals surface area contributed by atoms with Gasteiger partial charge in [-0.05, 0) is 77.0 Å². The summed E-state index contributed by atoms with van der Waals surface area (Å²) < 4.78 is 33.4. The van der Waals surface area contributed by atoms with E-state index in [2.05, 4.69) is 80.7 Å². The number of carbonyl (C=O) groups excluding carboxylic acids is 2. The molecule has 15 heteroatoms. The lowest BCUT2D eigenvalue weighted by molar-refractivity contribution is -0.220. The number of hydrogen-bond acceptors (Lipinski definition) is 13. The van der Waals surface area contributed by atoms with Gasteiger partial charge >= 0.3 is 19.8 Å². The third kappa shape index (κ3) is 31.7. The second kappa shape index (κ2) is 39.7. The molecule has 14 nitrogen and oxygen atoms in total. The summed E-state index contributed by atoms with van der Waals surface area (Å²) in [7, 11) is -5.20. The number of carbonyl (C=O) groups is 2. The minimum atomic E-state index is -5.20. The molecule has 376 valence electrons. The monoisotopic (exact) mass is 951 g/mol. The van der Waals surface area contributed by atoms with Gasteiger partial charge in [0, 0.05) is 12.8 Å². The molecule has 1 saturated carbocycles. The first-order chi connectivity index (χ1) is 31.8. The molecule has 1 fully saturated rings. The molecule has 1 rings (SSSR count). The smallest absolute Gasteiger partial charge is 0.462 e. The Labute approximate surface area is 394 Å². The van der Waals surface area contributed by atoms with E-state index in [1.165, 1.54) is 25.3 Å². The zero-order valence-corrected chi connectivity index (χ0v) is 40.4. The van der Waals surface area contributed by atoms with Crippen molar-refractivity contribution in [2.45, 2.75) is 198 Å². The van der Waals surface area contributed by atoms with E-state index in [4.69, 9.17) is 18.5 Å². The molecular weight excluding hydrogens is 868 g/mol. The number of phosphoric ester groups is 1. The van der Waals surface area contributed by atoms with Crippen LogP contribution in [0.4, 0.5) is 0 Å². The van der Waals surface area contributed by atoms with Crippen LogP contribution in [-0.4, -0.2) is 110 Å². The fraction of sp³-hybridized carbons (Fsp3) is 0.647. The summed E-state index contributed by atoms with van der Waals surface area (Å²) in [5, 5.41) is 60.6. The minimum absolute atomic E-state index is 0.0167. The van der Waals surface area contributed by atoms with E-state index in [9.17, 15) is 49.7 Å². The topological polar surface area (TPSA) is 230 Å². The van der Waals surface area contributed by atoms with Crippen LogP contribution in [0, 0.1) is 0 Å². The lowest BCUT2D eigenvalue weighted by atomic mass is 9.85. The van der Waals surface area contributed by atoms with Gasteiger partial charge in [-0.15, -0.1) is 0 Å². The van der Waals surface area contributed by atoms with Gasteiger partial charge in [0.05, 0.1) is 12.7 Å². The molecule has 0 spiro atoms. The minimum Gasteiger partial charge on any atom is -0.462 e. The summed E-state index contributed by atoms with van der Waals surface area (Å²) in [5.74, 6) is -1.40. The second-order valence-corrected chi connectivity index (χ2v) is 17.8. The molecular formula is C51H83O14P. The van der Waals surface area contributed by atoms with Gasteiger partial charge in [0.25, 0.3) is 0 Å². The molecule has 0 amide bonds. The molecule has 0 heterocycles. The molecule has 0 aliphatic heterocycles. The first-order valence-corrected chi connectivity index (χ1v) is 25.6. The Bertz CT molecular complexity index is 1540. The third-order valence-corrected chi connectivity index (χ3v) is 11.5. The number of aliphatic hydroxyl groups is 6. The summed E-state index contributed by atoms with van der Waals surface area (Å²) in [6, 6.07) is 0. The zero-order valence-electron chi connectivity index (χ0n) is 39.6. The fourth-order valence-electron chi connectivity index (χ4n) is 6.60. The molecule has 0 bridgehead atoms. The maximum absolute atomic E-state index is 12.8. The first-order valence-electron chi connectivity index (χ1n) is 24.1. The molecule has 4 unspecified atom stereocenters. The number of aliphatic hydroxyl groups excluding tert-OH is 6. The first kappa shape index (κ1) is 60.7. The van der Waals surface area contributed by atoms with Crippen molar-refractivity contribution in [2.24, 2.45) is 0 Å². The predicted octanol–water partition coefficient (Wildman–Crippen LogP) is 8.80. The predicted molar refractivity (Wildman–Crippen MR) is 259 cm³/mol. The van der Waals surface area contributed by atoms with Crippen LogP contribution >= 0.6 is 7.82 Å². The molecule has 0 aromatic heterocycles. The van der Waals surface area contributed by atoms with Crippen LogP contribution in [0.3, 0.4) is 0 Å². The number of rotatable bonds is 38. The Kier molecular flexibility index (Phi) is 36.5. The van der Waals surface area contributed by atoms with Gasteiger partial charge in [0.15, 0.2) is 6.10 Å². The molecule has 0 radical (unpaired) electrons. The molecule has 1 aliphatic rings. The average Bonchev–Trinajstić information content (AvgIpc) is 3.30. The highest BCUT2D eigenvalue weighted by Gasteiger charge is 2.51. The van der Waals surface area contributed by atoms with Crippen LogP contribution in [-0.2, 0) is 32.7 Å². The molecule has 1 aliphatic carbocycles.